The molecule has 2 atom stereocenters. The highest BCUT2D eigenvalue weighted by molar-refractivity contribution is 8.25. The average Bonchev–Trinajstić information content (AvgIpc) is 2.86. The van der Waals surface area contributed by atoms with Gasteiger partial charge in [0.25, 0.3) is 5.91 Å². The van der Waals surface area contributed by atoms with E-state index in [9.17, 15) is 19.0 Å². The Balaban J connectivity index is 1.81. The fourth-order valence-corrected chi connectivity index (χ4v) is 6.23. The Labute approximate surface area is 229 Å². The summed E-state index contributed by atoms with van der Waals surface area (Å²) < 4.78 is 23.0. The lowest BCUT2D eigenvalue weighted by Gasteiger charge is -2.47. The van der Waals surface area contributed by atoms with E-state index in [0.717, 1.165) is 37.1 Å². The highest BCUT2D eigenvalue weighted by Gasteiger charge is 2.28. The van der Waals surface area contributed by atoms with Crippen molar-refractivity contribution < 1.29 is 19.0 Å². The van der Waals surface area contributed by atoms with Crippen LogP contribution in [-0.2, 0) is 6.42 Å². The number of aliphatic hydroxyl groups is 1. The lowest BCUT2D eigenvalue weighted by molar-refractivity contribution is 0.0829. The van der Waals surface area contributed by atoms with Crippen LogP contribution in [0.3, 0.4) is 0 Å². The SMILES string of the molecule is CCNc1cc(C(=O)N[C@@H](Cc2ccccc2)[C@@H](O)CNCCC(C)(C)C)cc(N2CCCCS2(O)O)c1. The molecular weight excluding hydrogens is 500 g/mol. The van der Waals surface area contributed by atoms with E-state index in [-0.39, 0.29) is 11.3 Å². The summed E-state index contributed by atoms with van der Waals surface area (Å²) in [6.45, 7) is 10.9. The molecule has 1 heterocycles. The largest absolute Gasteiger partial charge is 0.390 e. The minimum atomic E-state index is -2.93. The van der Waals surface area contributed by atoms with Crippen LogP contribution in [0.4, 0.5) is 11.4 Å². The van der Waals surface area contributed by atoms with Crippen molar-refractivity contribution in [2.75, 3.05) is 41.6 Å². The third kappa shape index (κ3) is 9.17. The third-order valence-corrected chi connectivity index (χ3v) is 8.65. The summed E-state index contributed by atoms with van der Waals surface area (Å²) in [4.78, 5) is 13.6. The number of hydrogen-bond acceptors (Lipinski definition) is 7. The summed E-state index contributed by atoms with van der Waals surface area (Å²) in [5.74, 6) is 0.0159. The van der Waals surface area contributed by atoms with Gasteiger partial charge in [-0.05, 0) is 68.3 Å². The maximum Gasteiger partial charge on any atom is 0.251 e. The zero-order valence-corrected chi connectivity index (χ0v) is 24.1. The van der Waals surface area contributed by atoms with Crippen molar-refractivity contribution >= 4 is 28.1 Å². The third-order valence-electron chi connectivity index (χ3n) is 6.72. The molecule has 0 bridgehead atoms. The molecule has 0 unspecified atom stereocenters. The fourth-order valence-electron chi connectivity index (χ4n) is 4.56. The van der Waals surface area contributed by atoms with E-state index < -0.39 is 22.9 Å². The first-order valence-corrected chi connectivity index (χ1v) is 15.3. The van der Waals surface area contributed by atoms with E-state index in [4.69, 9.17) is 0 Å². The first kappa shape index (κ1) is 30.2. The number of nitrogens with one attached hydrogen (secondary N) is 3. The van der Waals surface area contributed by atoms with Gasteiger partial charge in [-0.3, -0.25) is 18.2 Å². The number of benzene rings is 2. The summed E-state index contributed by atoms with van der Waals surface area (Å²) >= 11 is 0. The Kier molecular flexibility index (Phi) is 10.9. The first-order chi connectivity index (χ1) is 18.0. The van der Waals surface area contributed by atoms with Crippen molar-refractivity contribution in [3.8, 4) is 0 Å². The molecule has 1 aliphatic rings. The van der Waals surface area contributed by atoms with Gasteiger partial charge in [-0.15, -0.1) is 10.8 Å². The van der Waals surface area contributed by atoms with E-state index in [0.29, 0.717) is 43.1 Å². The number of anilines is 2. The number of rotatable bonds is 12. The smallest absolute Gasteiger partial charge is 0.251 e. The predicted octanol–water partition coefficient (Wildman–Crippen LogP) is 5.11. The second-order valence-corrected chi connectivity index (χ2v) is 13.4. The summed E-state index contributed by atoms with van der Waals surface area (Å²) in [6, 6.07) is 14.7. The van der Waals surface area contributed by atoms with E-state index in [1.807, 2.05) is 43.3 Å². The molecule has 1 aliphatic heterocycles. The molecule has 38 heavy (non-hydrogen) atoms. The lowest BCUT2D eigenvalue weighted by Crippen LogP contribution is -2.49. The first-order valence-electron chi connectivity index (χ1n) is 13.6. The molecule has 2 aromatic carbocycles. The fraction of sp³-hybridized carbons (Fsp3) is 0.552. The highest BCUT2D eigenvalue weighted by Crippen LogP contribution is 2.50. The Morgan fingerprint density at radius 2 is 1.84 bits per heavy atom. The number of hydrogen-bond donors (Lipinski definition) is 6. The van der Waals surface area contributed by atoms with E-state index in [1.54, 1.807) is 16.4 Å². The molecule has 8 nitrogen and oxygen atoms in total. The van der Waals surface area contributed by atoms with E-state index in [2.05, 4.69) is 36.7 Å². The van der Waals surface area contributed by atoms with Gasteiger partial charge < -0.3 is 21.1 Å². The molecule has 1 saturated heterocycles. The Morgan fingerprint density at radius 1 is 1.11 bits per heavy atom. The lowest BCUT2D eigenvalue weighted by atomic mass is 9.92. The van der Waals surface area contributed by atoms with Crippen LogP contribution >= 0.6 is 10.8 Å². The van der Waals surface area contributed by atoms with Gasteiger partial charge in [0, 0.05) is 30.9 Å². The van der Waals surface area contributed by atoms with Crippen LogP contribution in [0.15, 0.2) is 48.5 Å². The quantitative estimate of drug-likeness (QED) is 0.205. The summed E-state index contributed by atoms with van der Waals surface area (Å²) in [5.41, 5.74) is 2.97. The van der Waals surface area contributed by atoms with Gasteiger partial charge in [0.2, 0.25) is 0 Å². The molecule has 0 saturated carbocycles. The zero-order valence-electron chi connectivity index (χ0n) is 23.2. The maximum atomic E-state index is 13.6. The van der Waals surface area contributed by atoms with Crippen molar-refractivity contribution in [1.82, 2.24) is 10.6 Å². The maximum absolute atomic E-state index is 13.6. The number of aliphatic hydroxyl groups excluding tert-OH is 1. The minimum absolute atomic E-state index is 0.196. The van der Waals surface area contributed by atoms with Crippen molar-refractivity contribution in [3.63, 3.8) is 0 Å². The van der Waals surface area contributed by atoms with Crippen LogP contribution in [0.25, 0.3) is 0 Å². The highest BCUT2D eigenvalue weighted by atomic mass is 32.3. The van der Waals surface area contributed by atoms with E-state index >= 15 is 0 Å². The minimum Gasteiger partial charge on any atom is -0.390 e. The molecule has 0 aromatic heterocycles. The molecule has 0 radical (unpaired) electrons. The molecular formula is C29H46N4O4S. The van der Waals surface area contributed by atoms with E-state index in [1.165, 1.54) is 0 Å². The van der Waals surface area contributed by atoms with Crippen molar-refractivity contribution in [3.05, 3.63) is 59.7 Å². The van der Waals surface area contributed by atoms with Gasteiger partial charge in [0.1, 0.15) is 0 Å². The Hall–Kier alpha value is -2.30. The topological polar surface area (TPSA) is 117 Å². The standard InChI is InChI=1S/C29H46N4O4S/c1-5-31-24-18-23(19-25(20-24)33-15-9-10-16-38(33,36)37)28(35)32-26(17-22-11-7-6-8-12-22)27(34)21-30-14-13-29(2,3)4/h6-8,11-12,18-20,26-27,30-31,34,36-37H,5,9-10,13-17,21H2,1-4H3,(H,32,35)/t26-,27-/m0/s1. The second-order valence-electron chi connectivity index (χ2n) is 11.3. The van der Waals surface area contributed by atoms with Gasteiger partial charge >= 0.3 is 0 Å². The number of amides is 1. The van der Waals surface area contributed by atoms with Crippen molar-refractivity contribution in [2.45, 2.75) is 65.5 Å². The normalized spacial score (nSPS) is 17.9. The Morgan fingerprint density at radius 3 is 2.50 bits per heavy atom. The van der Waals surface area contributed by atoms with Gasteiger partial charge in [0.05, 0.1) is 23.6 Å². The Bertz CT molecular complexity index is 1030. The number of nitrogens with zero attached hydrogens (tertiary/aromatic N) is 1. The molecule has 9 heteroatoms. The van der Waals surface area contributed by atoms with Gasteiger partial charge in [-0.1, -0.05) is 51.1 Å². The van der Waals surface area contributed by atoms with Crippen LogP contribution < -0.4 is 20.3 Å². The predicted molar refractivity (Wildman–Crippen MR) is 159 cm³/mol. The van der Waals surface area contributed by atoms with Crippen LogP contribution in [-0.4, -0.2) is 64.2 Å². The summed E-state index contributed by atoms with van der Waals surface area (Å²) in [7, 11) is -2.93. The van der Waals surface area contributed by atoms with Crippen LogP contribution in [0.2, 0.25) is 0 Å². The average molecular weight is 547 g/mol. The van der Waals surface area contributed by atoms with Gasteiger partial charge in [-0.25, -0.2) is 0 Å². The number of carbonyl (C=O) groups excluding carboxylic acids is 1. The molecule has 3 rings (SSSR count). The van der Waals surface area contributed by atoms with Crippen LogP contribution in [0.1, 0.15) is 62.9 Å². The molecule has 1 amide bonds. The molecule has 212 valence electrons. The molecule has 0 aliphatic carbocycles. The van der Waals surface area contributed by atoms with Crippen molar-refractivity contribution in [1.29, 1.82) is 0 Å². The van der Waals surface area contributed by atoms with Crippen molar-refractivity contribution in [2.24, 2.45) is 5.41 Å². The molecule has 1 fully saturated rings. The van der Waals surface area contributed by atoms with Crippen LogP contribution in [0, 0.1) is 5.41 Å². The molecule has 2 aromatic rings. The van der Waals surface area contributed by atoms with Gasteiger partial charge in [0.15, 0.2) is 0 Å². The number of carbonyl (C=O) groups is 1. The molecule has 6 N–H and O–H groups in total. The summed E-state index contributed by atoms with van der Waals surface area (Å²) in [6.07, 6.45) is 2.30. The van der Waals surface area contributed by atoms with Gasteiger partial charge in [-0.2, -0.15) is 0 Å². The second kappa shape index (κ2) is 13.7. The monoisotopic (exact) mass is 546 g/mol. The zero-order chi connectivity index (χ0) is 27.8. The van der Waals surface area contributed by atoms with Crippen LogP contribution in [0.5, 0.6) is 0 Å². The molecule has 0 spiro atoms. The summed E-state index contributed by atoms with van der Waals surface area (Å²) in [5, 5.41) is 20.8.